The number of rotatable bonds is 7. The number of benzene rings is 1. The largest absolute Gasteiger partial charge is 0.385 e. The first kappa shape index (κ1) is 14.9. The van der Waals surface area contributed by atoms with Gasteiger partial charge in [-0.25, -0.2) is 4.39 Å². The Morgan fingerprint density at radius 3 is 2.79 bits per heavy atom. The van der Waals surface area contributed by atoms with Crippen molar-refractivity contribution in [3.8, 4) is 0 Å². The van der Waals surface area contributed by atoms with Crippen LogP contribution in [0.5, 0.6) is 0 Å². The van der Waals surface area contributed by atoms with E-state index in [1.54, 1.807) is 7.11 Å². The van der Waals surface area contributed by atoms with Crippen LogP contribution < -0.4 is 5.32 Å². The van der Waals surface area contributed by atoms with Gasteiger partial charge in [-0.15, -0.1) is 0 Å². The van der Waals surface area contributed by atoms with Crippen molar-refractivity contribution in [2.24, 2.45) is 5.41 Å². The van der Waals surface area contributed by atoms with E-state index in [2.05, 4.69) is 21.2 Å². The van der Waals surface area contributed by atoms with Gasteiger partial charge >= 0.3 is 0 Å². The van der Waals surface area contributed by atoms with Gasteiger partial charge < -0.3 is 10.1 Å². The highest BCUT2D eigenvalue weighted by atomic mass is 79.9. The Hall–Kier alpha value is -0.450. The monoisotopic (exact) mass is 329 g/mol. The molecule has 0 radical (unpaired) electrons. The minimum atomic E-state index is -0.156. The van der Waals surface area contributed by atoms with Crippen molar-refractivity contribution in [1.82, 2.24) is 5.32 Å². The highest BCUT2D eigenvalue weighted by Gasteiger charge is 2.41. The van der Waals surface area contributed by atoms with Crippen molar-refractivity contribution < 1.29 is 9.13 Å². The number of halogens is 2. The zero-order valence-corrected chi connectivity index (χ0v) is 13.1. The summed E-state index contributed by atoms with van der Waals surface area (Å²) in [5.41, 5.74) is 1.11. The Bertz CT molecular complexity index is 434. The number of nitrogens with one attached hydrogen (secondary N) is 1. The molecule has 0 heterocycles. The van der Waals surface area contributed by atoms with Crippen molar-refractivity contribution in [2.45, 2.75) is 32.2 Å². The molecule has 1 unspecified atom stereocenters. The lowest BCUT2D eigenvalue weighted by molar-refractivity contribution is 0.170. The maximum Gasteiger partial charge on any atom is 0.129 e. The molecule has 1 saturated carbocycles. The van der Waals surface area contributed by atoms with Crippen LogP contribution in [0.1, 0.15) is 37.8 Å². The first-order valence-corrected chi connectivity index (χ1v) is 7.53. The molecule has 4 heteroatoms. The lowest BCUT2D eigenvalue weighted by Gasteiger charge is -2.20. The van der Waals surface area contributed by atoms with Gasteiger partial charge in [0.15, 0.2) is 0 Å². The zero-order chi connectivity index (χ0) is 13.9. The molecule has 1 aliphatic rings. The third-order valence-corrected chi connectivity index (χ3v) is 4.50. The van der Waals surface area contributed by atoms with Gasteiger partial charge in [-0.05, 0) is 43.7 Å². The number of hydrogen-bond acceptors (Lipinski definition) is 2. The summed E-state index contributed by atoms with van der Waals surface area (Å²) in [6.07, 6.45) is 3.59. The fourth-order valence-electron chi connectivity index (χ4n) is 2.34. The second-order valence-corrected chi connectivity index (χ2v) is 6.43. The average Bonchev–Trinajstić information content (AvgIpc) is 3.14. The molecule has 1 atom stereocenters. The lowest BCUT2D eigenvalue weighted by Crippen LogP contribution is -2.28. The highest BCUT2D eigenvalue weighted by molar-refractivity contribution is 9.10. The molecule has 1 aliphatic carbocycles. The zero-order valence-electron chi connectivity index (χ0n) is 11.5. The average molecular weight is 330 g/mol. The van der Waals surface area contributed by atoms with Gasteiger partial charge in [0.25, 0.3) is 0 Å². The fourth-order valence-corrected chi connectivity index (χ4v) is 2.68. The molecule has 106 valence electrons. The van der Waals surface area contributed by atoms with E-state index in [4.69, 9.17) is 4.74 Å². The van der Waals surface area contributed by atoms with E-state index >= 15 is 0 Å². The van der Waals surface area contributed by atoms with E-state index in [0.29, 0.717) is 5.41 Å². The number of methoxy groups -OCH3 is 1. The first-order valence-electron chi connectivity index (χ1n) is 6.74. The molecule has 0 amide bonds. The van der Waals surface area contributed by atoms with Gasteiger partial charge in [0, 0.05) is 36.3 Å². The summed E-state index contributed by atoms with van der Waals surface area (Å²) in [6.45, 7) is 3.76. The summed E-state index contributed by atoms with van der Waals surface area (Å²) in [4.78, 5) is 0. The van der Waals surface area contributed by atoms with Crippen LogP contribution in [0.25, 0.3) is 0 Å². The minimum Gasteiger partial charge on any atom is -0.385 e. The molecular formula is C15H21BrFNO. The third kappa shape index (κ3) is 4.01. The molecule has 1 aromatic carbocycles. The fraction of sp³-hybridized carbons (Fsp3) is 0.600. The molecule has 0 spiro atoms. The second-order valence-electron chi connectivity index (χ2n) is 5.51. The quantitative estimate of drug-likeness (QED) is 0.814. The Balaban J connectivity index is 1.89. The molecule has 19 heavy (non-hydrogen) atoms. The molecule has 1 fully saturated rings. The summed E-state index contributed by atoms with van der Waals surface area (Å²) < 4.78 is 19.8. The maximum atomic E-state index is 13.8. The Morgan fingerprint density at radius 1 is 1.47 bits per heavy atom. The Labute approximate surface area is 122 Å². The molecule has 1 N–H and O–H groups in total. The van der Waals surface area contributed by atoms with E-state index in [-0.39, 0.29) is 11.9 Å². The van der Waals surface area contributed by atoms with E-state index < -0.39 is 0 Å². The van der Waals surface area contributed by atoms with Gasteiger partial charge in [0.05, 0.1) is 0 Å². The van der Waals surface area contributed by atoms with Gasteiger partial charge in [-0.2, -0.15) is 0 Å². The normalized spacial score (nSPS) is 18.3. The number of ether oxygens (including phenoxy) is 1. The Morgan fingerprint density at radius 2 is 2.21 bits per heavy atom. The van der Waals surface area contributed by atoms with Gasteiger partial charge in [-0.3, -0.25) is 0 Å². The summed E-state index contributed by atoms with van der Waals surface area (Å²) >= 11 is 3.28. The molecule has 2 nitrogen and oxygen atoms in total. The SMILES string of the molecule is COCCC1(CNC(C)c2ccc(Br)cc2F)CC1. The molecule has 1 aromatic rings. The van der Waals surface area contributed by atoms with Crippen LogP contribution in [0.4, 0.5) is 4.39 Å². The summed E-state index contributed by atoms with van der Waals surface area (Å²) in [5.74, 6) is -0.156. The predicted octanol–water partition coefficient (Wildman–Crippen LogP) is 4.06. The van der Waals surface area contributed by atoms with Crippen molar-refractivity contribution in [3.05, 3.63) is 34.1 Å². The first-order chi connectivity index (χ1) is 9.06. The molecular weight excluding hydrogens is 309 g/mol. The van der Waals surface area contributed by atoms with E-state index in [1.165, 1.54) is 18.9 Å². The molecule has 0 saturated heterocycles. The molecule has 0 aromatic heterocycles. The van der Waals surface area contributed by atoms with Crippen LogP contribution in [0.15, 0.2) is 22.7 Å². The topological polar surface area (TPSA) is 21.3 Å². The van der Waals surface area contributed by atoms with Gasteiger partial charge in [0.1, 0.15) is 5.82 Å². The standard InChI is InChI=1S/C15H21BrFNO/c1-11(13-4-3-12(16)9-14(13)17)18-10-15(5-6-15)7-8-19-2/h3-4,9,11,18H,5-8,10H2,1-2H3. The van der Waals surface area contributed by atoms with Crippen molar-refractivity contribution >= 4 is 15.9 Å². The van der Waals surface area contributed by atoms with Gasteiger partial charge in [0.2, 0.25) is 0 Å². The molecule has 0 bridgehead atoms. The number of hydrogen-bond donors (Lipinski definition) is 1. The highest BCUT2D eigenvalue weighted by Crippen LogP contribution is 2.48. The van der Waals surface area contributed by atoms with Gasteiger partial charge in [-0.1, -0.05) is 22.0 Å². The molecule has 2 rings (SSSR count). The van der Waals surface area contributed by atoms with Crippen molar-refractivity contribution in [3.63, 3.8) is 0 Å². The summed E-state index contributed by atoms with van der Waals surface area (Å²) in [7, 11) is 1.74. The summed E-state index contributed by atoms with van der Waals surface area (Å²) in [5, 5.41) is 3.46. The second kappa shape index (κ2) is 6.33. The molecule has 0 aliphatic heterocycles. The van der Waals surface area contributed by atoms with Crippen LogP contribution in [0, 0.1) is 11.2 Å². The van der Waals surface area contributed by atoms with Crippen LogP contribution in [-0.2, 0) is 4.74 Å². The van der Waals surface area contributed by atoms with Crippen LogP contribution in [0.3, 0.4) is 0 Å². The van der Waals surface area contributed by atoms with E-state index in [9.17, 15) is 4.39 Å². The van der Waals surface area contributed by atoms with Crippen LogP contribution in [0.2, 0.25) is 0 Å². The maximum absolute atomic E-state index is 13.8. The van der Waals surface area contributed by atoms with E-state index in [0.717, 1.165) is 29.6 Å². The van der Waals surface area contributed by atoms with Crippen LogP contribution in [-0.4, -0.2) is 20.3 Å². The minimum absolute atomic E-state index is 0.0353. The predicted molar refractivity (Wildman–Crippen MR) is 78.7 cm³/mol. The Kier molecular flexibility index (Phi) is 4.98. The van der Waals surface area contributed by atoms with E-state index in [1.807, 2.05) is 19.1 Å². The van der Waals surface area contributed by atoms with Crippen LogP contribution >= 0.6 is 15.9 Å². The lowest BCUT2D eigenvalue weighted by atomic mass is 10.0. The summed E-state index contributed by atoms with van der Waals surface area (Å²) in [6, 6.07) is 5.28. The van der Waals surface area contributed by atoms with Crippen molar-refractivity contribution in [2.75, 3.05) is 20.3 Å². The van der Waals surface area contributed by atoms with Crippen molar-refractivity contribution in [1.29, 1.82) is 0 Å². The smallest absolute Gasteiger partial charge is 0.129 e. The third-order valence-electron chi connectivity index (χ3n) is 4.01.